The molecule has 0 aromatic heterocycles. The van der Waals surface area contributed by atoms with Crippen molar-refractivity contribution in [3.63, 3.8) is 0 Å². The number of benzene rings is 1. The van der Waals surface area contributed by atoms with E-state index in [4.69, 9.17) is 10.5 Å². The molecule has 0 amide bonds. The lowest BCUT2D eigenvalue weighted by molar-refractivity contribution is 0.282. The summed E-state index contributed by atoms with van der Waals surface area (Å²) in [7, 11) is 0. The Morgan fingerprint density at radius 2 is 2.00 bits per heavy atom. The molecule has 2 N–H and O–H groups in total. The van der Waals surface area contributed by atoms with E-state index in [1.165, 1.54) is 47.7 Å². The molecule has 2 nitrogen and oxygen atoms in total. The fourth-order valence-electron chi connectivity index (χ4n) is 3.48. The predicted octanol–water partition coefficient (Wildman–Crippen LogP) is 3.54. The van der Waals surface area contributed by atoms with Gasteiger partial charge in [0.2, 0.25) is 0 Å². The smallest absolute Gasteiger partial charge is 0.126 e. The van der Waals surface area contributed by atoms with Gasteiger partial charge in [-0.1, -0.05) is 35.2 Å². The first-order valence-corrected chi connectivity index (χ1v) is 7.70. The maximum Gasteiger partial charge on any atom is 0.126 e. The first-order chi connectivity index (χ1) is 8.75. The molecule has 1 aliphatic carbocycles. The van der Waals surface area contributed by atoms with E-state index in [0.717, 1.165) is 25.3 Å². The van der Waals surface area contributed by atoms with Gasteiger partial charge >= 0.3 is 0 Å². The highest BCUT2D eigenvalue weighted by molar-refractivity contribution is 9.10. The van der Waals surface area contributed by atoms with Crippen LogP contribution in [0.5, 0.6) is 5.75 Å². The Balaban J connectivity index is 2.09. The minimum absolute atomic E-state index is 0.149. The number of hydrogen-bond acceptors (Lipinski definition) is 2. The molecule has 0 saturated heterocycles. The molecule has 98 valence electrons. The van der Waals surface area contributed by atoms with E-state index in [1.807, 2.05) is 0 Å². The number of halogens is 1. The lowest BCUT2D eigenvalue weighted by Crippen LogP contribution is -2.37. The van der Waals surface area contributed by atoms with Crippen LogP contribution in [0.3, 0.4) is 0 Å². The van der Waals surface area contributed by atoms with Gasteiger partial charge in [0.05, 0.1) is 6.61 Å². The van der Waals surface area contributed by atoms with Crippen molar-refractivity contribution in [2.45, 2.75) is 43.9 Å². The summed E-state index contributed by atoms with van der Waals surface area (Å²) < 4.78 is 7.06. The van der Waals surface area contributed by atoms with Crippen LogP contribution in [-0.4, -0.2) is 13.2 Å². The van der Waals surface area contributed by atoms with Crippen molar-refractivity contribution < 1.29 is 4.74 Å². The molecule has 0 spiro atoms. The Labute approximate surface area is 117 Å². The summed E-state index contributed by atoms with van der Waals surface area (Å²) in [6.07, 6.45) is 7.36. The van der Waals surface area contributed by atoms with Crippen LogP contribution < -0.4 is 10.5 Å². The summed E-state index contributed by atoms with van der Waals surface area (Å²) in [6.45, 7) is 1.55. The SMILES string of the molecule is NCC1(c2cc(Br)cc3c2OCC3)CCCCC1. The number of rotatable bonds is 2. The third-order valence-corrected chi connectivity index (χ3v) is 4.98. The highest BCUT2D eigenvalue weighted by Crippen LogP contribution is 2.46. The Hall–Kier alpha value is -0.540. The molecule has 0 atom stereocenters. The predicted molar refractivity (Wildman–Crippen MR) is 77.2 cm³/mol. The van der Waals surface area contributed by atoms with Crippen molar-refractivity contribution in [1.29, 1.82) is 0 Å². The summed E-state index contributed by atoms with van der Waals surface area (Å²) >= 11 is 3.64. The van der Waals surface area contributed by atoms with Crippen LogP contribution in [0, 0.1) is 0 Å². The van der Waals surface area contributed by atoms with E-state index in [0.29, 0.717) is 0 Å². The van der Waals surface area contributed by atoms with Crippen LogP contribution in [-0.2, 0) is 11.8 Å². The van der Waals surface area contributed by atoms with Gasteiger partial charge in [-0.2, -0.15) is 0 Å². The second-order valence-electron chi connectivity index (χ2n) is 5.59. The Morgan fingerprint density at radius 3 is 2.72 bits per heavy atom. The molecule has 1 aromatic rings. The summed E-state index contributed by atoms with van der Waals surface area (Å²) in [6, 6.07) is 4.43. The fourth-order valence-corrected chi connectivity index (χ4v) is 3.98. The van der Waals surface area contributed by atoms with E-state index < -0.39 is 0 Å². The monoisotopic (exact) mass is 309 g/mol. The molecule has 1 aliphatic heterocycles. The van der Waals surface area contributed by atoms with Crippen molar-refractivity contribution in [2.75, 3.05) is 13.2 Å². The lowest BCUT2D eigenvalue weighted by Gasteiger charge is -2.37. The van der Waals surface area contributed by atoms with Gasteiger partial charge < -0.3 is 10.5 Å². The maximum atomic E-state index is 6.14. The second-order valence-corrected chi connectivity index (χ2v) is 6.50. The van der Waals surface area contributed by atoms with Crippen LogP contribution in [0.2, 0.25) is 0 Å². The molecule has 0 bridgehead atoms. The van der Waals surface area contributed by atoms with Crippen LogP contribution in [0.4, 0.5) is 0 Å². The quantitative estimate of drug-likeness (QED) is 0.907. The Bertz CT molecular complexity index is 452. The molecule has 1 aromatic carbocycles. The molecule has 3 heteroatoms. The van der Waals surface area contributed by atoms with Crippen LogP contribution in [0.1, 0.15) is 43.2 Å². The van der Waals surface area contributed by atoms with Crippen molar-refractivity contribution in [3.05, 3.63) is 27.7 Å². The Morgan fingerprint density at radius 1 is 1.22 bits per heavy atom. The van der Waals surface area contributed by atoms with Gasteiger partial charge in [-0.05, 0) is 30.5 Å². The van der Waals surface area contributed by atoms with Gasteiger partial charge in [0.15, 0.2) is 0 Å². The zero-order valence-electron chi connectivity index (χ0n) is 10.7. The van der Waals surface area contributed by atoms with E-state index in [-0.39, 0.29) is 5.41 Å². The summed E-state index contributed by atoms with van der Waals surface area (Å²) in [5.74, 6) is 1.13. The van der Waals surface area contributed by atoms with Gasteiger partial charge in [0.25, 0.3) is 0 Å². The van der Waals surface area contributed by atoms with Crippen molar-refractivity contribution in [2.24, 2.45) is 5.73 Å². The Kier molecular flexibility index (Phi) is 3.37. The third kappa shape index (κ3) is 1.97. The summed E-state index contributed by atoms with van der Waals surface area (Å²) in [5.41, 5.74) is 8.99. The largest absolute Gasteiger partial charge is 0.493 e. The minimum atomic E-state index is 0.149. The molecule has 18 heavy (non-hydrogen) atoms. The topological polar surface area (TPSA) is 35.2 Å². The average Bonchev–Trinajstić information content (AvgIpc) is 2.86. The van der Waals surface area contributed by atoms with Gasteiger partial charge in [-0.3, -0.25) is 0 Å². The second kappa shape index (κ2) is 4.86. The lowest BCUT2D eigenvalue weighted by atomic mass is 9.69. The van der Waals surface area contributed by atoms with Crippen molar-refractivity contribution >= 4 is 15.9 Å². The molecular weight excluding hydrogens is 290 g/mol. The normalized spacial score (nSPS) is 21.4. The van der Waals surface area contributed by atoms with Crippen molar-refractivity contribution in [1.82, 2.24) is 0 Å². The molecule has 2 aliphatic rings. The van der Waals surface area contributed by atoms with E-state index >= 15 is 0 Å². The molecule has 1 fully saturated rings. The first-order valence-electron chi connectivity index (χ1n) is 6.91. The third-order valence-electron chi connectivity index (χ3n) is 4.52. The molecule has 0 unspecified atom stereocenters. The molecule has 1 heterocycles. The molecule has 0 radical (unpaired) electrons. The van der Waals surface area contributed by atoms with Crippen LogP contribution >= 0.6 is 15.9 Å². The molecular formula is C15H20BrNO. The van der Waals surface area contributed by atoms with Gasteiger partial charge in [0, 0.05) is 28.4 Å². The fraction of sp³-hybridized carbons (Fsp3) is 0.600. The van der Waals surface area contributed by atoms with Gasteiger partial charge in [-0.15, -0.1) is 0 Å². The van der Waals surface area contributed by atoms with Crippen LogP contribution in [0.25, 0.3) is 0 Å². The van der Waals surface area contributed by atoms with E-state index in [9.17, 15) is 0 Å². The number of fused-ring (bicyclic) bond motifs is 1. The van der Waals surface area contributed by atoms with Gasteiger partial charge in [-0.25, -0.2) is 0 Å². The zero-order chi connectivity index (χ0) is 12.6. The standard InChI is InChI=1S/C15H20BrNO/c16-12-8-11-4-7-18-14(11)13(9-12)15(10-17)5-2-1-3-6-15/h8-9H,1-7,10,17H2. The minimum Gasteiger partial charge on any atom is -0.493 e. The molecule has 3 rings (SSSR count). The number of hydrogen-bond donors (Lipinski definition) is 1. The zero-order valence-corrected chi connectivity index (χ0v) is 12.3. The van der Waals surface area contributed by atoms with E-state index in [1.54, 1.807) is 0 Å². The number of nitrogens with two attached hydrogens (primary N) is 1. The maximum absolute atomic E-state index is 6.14. The van der Waals surface area contributed by atoms with Gasteiger partial charge in [0.1, 0.15) is 5.75 Å². The van der Waals surface area contributed by atoms with Crippen LogP contribution in [0.15, 0.2) is 16.6 Å². The highest BCUT2D eigenvalue weighted by Gasteiger charge is 2.36. The molecule has 1 saturated carbocycles. The first kappa shape index (κ1) is 12.5. The highest BCUT2D eigenvalue weighted by atomic mass is 79.9. The van der Waals surface area contributed by atoms with Crippen molar-refractivity contribution in [3.8, 4) is 5.75 Å². The average molecular weight is 310 g/mol. The van der Waals surface area contributed by atoms with E-state index in [2.05, 4.69) is 28.1 Å². The number of ether oxygens (including phenoxy) is 1. The summed E-state index contributed by atoms with van der Waals surface area (Å²) in [5, 5.41) is 0. The summed E-state index contributed by atoms with van der Waals surface area (Å²) in [4.78, 5) is 0.